The first kappa shape index (κ1) is 13.9. The molecule has 0 radical (unpaired) electrons. The average Bonchev–Trinajstić information content (AvgIpc) is 2.36. The second-order valence-corrected chi connectivity index (χ2v) is 5.32. The molecule has 1 aliphatic rings. The van der Waals surface area contributed by atoms with E-state index in [9.17, 15) is 4.79 Å². The summed E-state index contributed by atoms with van der Waals surface area (Å²) < 4.78 is 0. The molecule has 2 rings (SSSR count). The van der Waals surface area contributed by atoms with Crippen LogP contribution in [0, 0.1) is 13.8 Å². The molecule has 0 aromatic heterocycles. The van der Waals surface area contributed by atoms with Gasteiger partial charge in [-0.05, 0) is 31.9 Å². The Kier molecular flexibility index (Phi) is 4.43. The highest BCUT2D eigenvalue weighted by molar-refractivity contribution is 5.66. The van der Waals surface area contributed by atoms with Crippen molar-refractivity contribution >= 4 is 11.7 Å². The van der Waals surface area contributed by atoms with E-state index in [1.807, 2.05) is 0 Å². The molecule has 4 heteroatoms. The van der Waals surface area contributed by atoms with Crippen LogP contribution in [0.2, 0.25) is 0 Å². The zero-order valence-electron chi connectivity index (χ0n) is 11.6. The maximum Gasteiger partial charge on any atom is 0.303 e. The fraction of sp³-hybridized carbons (Fsp3) is 0.533. The van der Waals surface area contributed by atoms with Crippen molar-refractivity contribution in [2.45, 2.75) is 32.7 Å². The lowest BCUT2D eigenvalue weighted by Gasteiger charge is -2.36. The molecule has 104 valence electrons. The quantitative estimate of drug-likeness (QED) is 0.871. The fourth-order valence-corrected chi connectivity index (χ4v) is 2.70. The van der Waals surface area contributed by atoms with E-state index in [0.29, 0.717) is 6.42 Å². The summed E-state index contributed by atoms with van der Waals surface area (Å²) in [7, 11) is 0. The van der Waals surface area contributed by atoms with Gasteiger partial charge in [-0.2, -0.15) is 0 Å². The fourth-order valence-electron chi connectivity index (χ4n) is 2.70. The largest absolute Gasteiger partial charge is 0.481 e. The monoisotopic (exact) mass is 262 g/mol. The molecular formula is C15H22N2O2. The van der Waals surface area contributed by atoms with Crippen molar-refractivity contribution in [3.8, 4) is 0 Å². The van der Waals surface area contributed by atoms with Gasteiger partial charge >= 0.3 is 5.97 Å². The van der Waals surface area contributed by atoms with E-state index in [0.717, 1.165) is 19.6 Å². The van der Waals surface area contributed by atoms with Gasteiger partial charge in [0.2, 0.25) is 0 Å². The van der Waals surface area contributed by atoms with Crippen LogP contribution in [0.3, 0.4) is 0 Å². The summed E-state index contributed by atoms with van der Waals surface area (Å²) in [5.41, 5.74) is 3.84. The summed E-state index contributed by atoms with van der Waals surface area (Å²) in [5.74, 6) is -0.717. The van der Waals surface area contributed by atoms with Crippen LogP contribution < -0.4 is 10.2 Å². The molecule has 1 heterocycles. The van der Waals surface area contributed by atoms with Gasteiger partial charge in [-0.15, -0.1) is 0 Å². The second kappa shape index (κ2) is 6.06. The number of carboxylic acid groups (broad SMARTS) is 1. The second-order valence-electron chi connectivity index (χ2n) is 5.32. The number of hydrogen-bond acceptors (Lipinski definition) is 3. The van der Waals surface area contributed by atoms with Gasteiger partial charge in [0.15, 0.2) is 0 Å². The number of nitrogens with one attached hydrogen (secondary N) is 1. The van der Waals surface area contributed by atoms with Crippen LogP contribution >= 0.6 is 0 Å². The number of aryl methyl sites for hydroxylation is 2. The van der Waals surface area contributed by atoms with Gasteiger partial charge in [0, 0.05) is 37.8 Å². The van der Waals surface area contributed by atoms with E-state index < -0.39 is 5.97 Å². The molecule has 0 spiro atoms. The van der Waals surface area contributed by atoms with Gasteiger partial charge in [-0.25, -0.2) is 0 Å². The van der Waals surface area contributed by atoms with Crippen molar-refractivity contribution in [3.63, 3.8) is 0 Å². The molecule has 1 aliphatic heterocycles. The first-order valence-electron chi connectivity index (χ1n) is 6.83. The lowest BCUT2D eigenvalue weighted by Crippen LogP contribution is -2.51. The summed E-state index contributed by atoms with van der Waals surface area (Å²) in [4.78, 5) is 13.0. The van der Waals surface area contributed by atoms with Gasteiger partial charge in [0.05, 0.1) is 0 Å². The van der Waals surface area contributed by atoms with Crippen molar-refractivity contribution in [2.75, 3.05) is 24.5 Å². The summed E-state index contributed by atoms with van der Waals surface area (Å²) in [6.45, 7) is 7.02. The van der Waals surface area contributed by atoms with E-state index in [2.05, 4.69) is 42.3 Å². The van der Waals surface area contributed by atoms with Crippen LogP contribution in [0.1, 0.15) is 24.0 Å². The minimum Gasteiger partial charge on any atom is -0.481 e. The van der Waals surface area contributed by atoms with E-state index in [1.54, 1.807) is 0 Å². The van der Waals surface area contributed by atoms with Crippen LogP contribution in [0.25, 0.3) is 0 Å². The lowest BCUT2D eigenvalue weighted by atomic mass is 10.1. The number of benzene rings is 1. The Bertz CT molecular complexity index is 459. The summed E-state index contributed by atoms with van der Waals surface area (Å²) in [5, 5.41) is 12.2. The van der Waals surface area contributed by atoms with E-state index in [-0.39, 0.29) is 12.5 Å². The van der Waals surface area contributed by atoms with Crippen molar-refractivity contribution < 1.29 is 9.90 Å². The molecule has 1 atom stereocenters. The normalized spacial score (nSPS) is 19.5. The Morgan fingerprint density at radius 2 is 2.26 bits per heavy atom. The predicted octanol–water partition coefficient (Wildman–Crippen LogP) is 1.95. The SMILES string of the molecule is Cc1ccc(N2CCNC(CCC(=O)O)C2)c(C)c1. The maximum atomic E-state index is 10.6. The molecule has 1 unspecified atom stereocenters. The molecule has 0 bridgehead atoms. The Balaban J connectivity index is 2.02. The molecule has 2 N–H and O–H groups in total. The number of hydrogen-bond donors (Lipinski definition) is 2. The minimum atomic E-state index is -0.717. The molecular weight excluding hydrogens is 240 g/mol. The van der Waals surface area contributed by atoms with Crippen LogP contribution in [0.4, 0.5) is 5.69 Å². The highest BCUT2D eigenvalue weighted by atomic mass is 16.4. The third kappa shape index (κ3) is 3.70. The van der Waals surface area contributed by atoms with Crippen molar-refractivity contribution in [1.29, 1.82) is 0 Å². The summed E-state index contributed by atoms with van der Waals surface area (Å²) in [6, 6.07) is 6.77. The van der Waals surface area contributed by atoms with E-state index >= 15 is 0 Å². The number of piperazine rings is 1. The molecule has 0 saturated carbocycles. The third-order valence-corrected chi connectivity index (χ3v) is 3.66. The molecule has 19 heavy (non-hydrogen) atoms. The Morgan fingerprint density at radius 1 is 1.47 bits per heavy atom. The number of rotatable bonds is 4. The van der Waals surface area contributed by atoms with Gasteiger partial charge in [-0.3, -0.25) is 4.79 Å². The first-order valence-corrected chi connectivity index (χ1v) is 6.83. The van der Waals surface area contributed by atoms with Crippen molar-refractivity contribution in [3.05, 3.63) is 29.3 Å². The lowest BCUT2D eigenvalue weighted by molar-refractivity contribution is -0.137. The van der Waals surface area contributed by atoms with E-state index in [4.69, 9.17) is 5.11 Å². The van der Waals surface area contributed by atoms with Crippen LogP contribution in [-0.4, -0.2) is 36.8 Å². The first-order chi connectivity index (χ1) is 9.06. The minimum absolute atomic E-state index is 0.235. The molecule has 1 aromatic rings. The third-order valence-electron chi connectivity index (χ3n) is 3.66. The van der Waals surface area contributed by atoms with E-state index in [1.165, 1.54) is 16.8 Å². The molecule has 0 aliphatic carbocycles. The average molecular weight is 262 g/mol. The smallest absolute Gasteiger partial charge is 0.303 e. The maximum absolute atomic E-state index is 10.6. The van der Waals surface area contributed by atoms with Crippen LogP contribution in [0.15, 0.2) is 18.2 Å². The van der Waals surface area contributed by atoms with Gasteiger partial charge in [0.25, 0.3) is 0 Å². The number of carbonyl (C=O) groups is 1. The zero-order valence-corrected chi connectivity index (χ0v) is 11.6. The molecule has 1 aromatic carbocycles. The Morgan fingerprint density at radius 3 is 2.95 bits per heavy atom. The zero-order chi connectivity index (χ0) is 13.8. The molecule has 1 fully saturated rings. The van der Waals surface area contributed by atoms with Gasteiger partial charge in [0.1, 0.15) is 0 Å². The number of aliphatic carboxylic acids is 1. The van der Waals surface area contributed by atoms with Gasteiger partial charge < -0.3 is 15.3 Å². The molecule has 4 nitrogen and oxygen atoms in total. The van der Waals surface area contributed by atoms with Crippen LogP contribution in [-0.2, 0) is 4.79 Å². The van der Waals surface area contributed by atoms with Crippen molar-refractivity contribution in [1.82, 2.24) is 5.32 Å². The molecule has 0 amide bonds. The summed E-state index contributed by atoms with van der Waals surface area (Å²) in [6.07, 6.45) is 0.926. The number of carboxylic acids is 1. The highest BCUT2D eigenvalue weighted by Gasteiger charge is 2.21. The number of nitrogens with zero attached hydrogens (tertiary/aromatic N) is 1. The highest BCUT2D eigenvalue weighted by Crippen LogP contribution is 2.22. The summed E-state index contributed by atoms with van der Waals surface area (Å²) >= 11 is 0. The van der Waals surface area contributed by atoms with Crippen LogP contribution in [0.5, 0.6) is 0 Å². The topological polar surface area (TPSA) is 52.6 Å². The number of anilines is 1. The van der Waals surface area contributed by atoms with Gasteiger partial charge in [-0.1, -0.05) is 17.7 Å². The Hall–Kier alpha value is -1.55. The molecule has 1 saturated heterocycles. The standard InChI is InChI=1S/C15H22N2O2/c1-11-3-5-14(12(2)9-11)17-8-7-16-13(10-17)4-6-15(18)19/h3,5,9,13,16H,4,6-8,10H2,1-2H3,(H,18,19). The predicted molar refractivity (Wildman–Crippen MR) is 76.8 cm³/mol. The van der Waals surface area contributed by atoms with Crippen molar-refractivity contribution in [2.24, 2.45) is 0 Å². The Labute approximate surface area is 114 Å².